The van der Waals surface area contributed by atoms with Crippen molar-refractivity contribution in [1.29, 1.82) is 0 Å². The summed E-state index contributed by atoms with van der Waals surface area (Å²) >= 11 is 3.36. The van der Waals surface area contributed by atoms with Gasteiger partial charge in [0, 0.05) is 10.0 Å². The van der Waals surface area contributed by atoms with E-state index >= 15 is 0 Å². The monoisotopic (exact) mass is 335 g/mol. The standard InChI is InChI=1S/C15H14BrNO3/c16-13-6-7-15(12(10-13)11-17-18)20-9-8-19-14-4-2-1-3-5-14/h1-7,10-11,18H,8-9H2. The molecule has 2 aromatic rings. The predicted octanol–water partition coefficient (Wildman–Crippen LogP) is 3.72. The molecule has 20 heavy (non-hydrogen) atoms. The van der Waals surface area contributed by atoms with Crippen LogP contribution in [-0.4, -0.2) is 24.6 Å². The topological polar surface area (TPSA) is 51.1 Å². The van der Waals surface area contributed by atoms with E-state index in [-0.39, 0.29) is 0 Å². The number of oxime groups is 1. The SMILES string of the molecule is ON=Cc1cc(Br)ccc1OCCOc1ccccc1. The number of ether oxygens (including phenoxy) is 2. The Morgan fingerprint density at radius 3 is 2.55 bits per heavy atom. The number of nitrogens with zero attached hydrogens (tertiary/aromatic N) is 1. The van der Waals surface area contributed by atoms with E-state index in [1.54, 1.807) is 0 Å². The van der Waals surface area contributed by atoms with Crippen molar-refractivity contribution in [2.24, 2.45) is 5.16 Å². The Morgan fingerprint density at radius 2 is 1.80 bits per heavy atom. The Balaban J connectivity index is 1.88. The van der Waals surface area contributed by atoms with Crippen molar-refractivity contribution >= 4 is 22.1 Å². The Labute approximate surface area is 125 Å². The van der Waals surface area contributed by atoms with E-state index < -0.39 is 0 Å². The molecule has 0 saturated carbocycles. The highest BCUT2D eigenvalue weighted by molar-refractivity contribution is 9.10. The lowest BCUT2D eigenvalue weighted by Gasteiger charge is -2.10. The Morgan fingerprint density at radius 1 is 1.05 bits per heavy atom. The van der Waals surface area contributed by atoms with Crippen molar-refractivity contribution < 1.29 is 14.7 Å². The van der Waals surface area contributed by atoms with Crippen LogP contribution in [0, 0.1) is 0 Å². The second kappa shape index (κ2) is 7.55. The summed E-state index contributed by atoms with van der Waals surface area (Å²) in [6, 6.07) is 15.0. The molecule has 0 aliphatic rings. The molecule has 0 atom stereocenters. The van der Waals surface area contributed by atoms with Gasteiger partial charge in [0.25, 0.3) is 0 Å². The maximum atomic E-state index is 8.63. The summed E-state index contributed by atoms with van der Waals surface area (Å²) in [4.78, 5) is 0. The van der Waals surface area contributed by atoms with Crippen LogP contribution in [0.2, 0.25) is 0 Å². The molecule has 0 aliphatic carbocycles. The quantitative estimate of drug-likeness (QED) is 0.379. The third-order valence-corrected chi connectivity index (χ3v) is 3.01. The van der Waals surface area contributed by atoms with Gasteiger partial charge in [-0.1, -0.05) is 39.3 Å². The molecule has 0 spiro atoms. The van der Waals surface area contributed by atoms with E-state index in [4.69, 9.17) is 14.7 Å². The number of hydrogen-bond donors (Lipinski definition) is 1. The van der Waals surface area contributed by atoms with Crippen molar-refractivity contribution in [2.45, 2.75) is 0 Å². The van der Waals surface area contributed by atoms with Crippen LogP contribution in [0.15, 0.2) is 58.2 Å². The molecule has 2 aromatic carbocycles. The summed E-state index contributed by atoms with van der Waals surface area (Å²) in [6.45, 7) is 0.846. The van der Waals surface area contributed by atoms with Gasteiger partial charge >= 0.3 is 0 Å². The van der Waals surface area contributed by atoms with Gasteiger partial charge in [-0.15, -0.1) is 0 Å². The van der Waals surface area contributed by atoms with Gasteiger partial charge in [-0.25, -0.2) is 0 Å². The third kappa shape index (κ3) is 4.28. The molecule has 0 heterocycles. The minimum absolute atomic E-state index is 0.406. The molecular weight excluding hydrogens is 322 g/mol. The van der Waals surface area contributed by atoms with Crippen LogP contribution in [0.5, 0.6) is 11.5 Å². The maximum absolute atomic E-state index is 8.63. The summed E-state index contributed by atoms with van der Waals surface area (Å²) < 4.78 is 12.0. The van der Waals surface area contributed by atoms with Gasteiger partial charge in [0.05, 0.1) is 6.21 Å². The molecule has 5 heteroatoms. The van der Waals surface area contributed by atoms with E-state index in [1.165, 1.54) is 6.21 Å². The van der Waals surface area contributed by atoms with Crippen LogP contribution in [0.4, 0.5) is 0 Å². The summed E-state index contributed by atoms with van der Waals surface area (Å²) in [5, 5.41) is 11.7. The fraction of sp³-hybridized carbons (Fsp3) is 0.133. The molecule has 104 valence electrons. The molecule has 0 aliphatic heterocycles. The molecule has 0 bridgehead atoms. The molecule has 0 radical (unpaired) electrons. The summed E-state index contributed by atoms with van der Waals surface area (Å²) in [5.41, 5.74) is 0.696. The van der Waals surface area contributed by atoms with Gasteiger partial charge < -0.3 is 14.7 Å². The first kappa shape index (κ1) is 14.4. The lowest BCUT2D eigenvalue weighted by molar-refractivity contribution is 0.217. The summed E-state index contributed by atoms with van der Waals surface area (Å²) in [7, 11) is 0. The molecule has 1 N–H and O–H groups in total. The van der Waals surface area contributed by atoms with E-state index in [0.29, 0.717) is 24.5 Å². The zero-order valence-electron chi connectivity index (χ0n) is 10.7. The van der Waals surface area contributed by atoms with Gasteiger partial charge in [0.15, 0.2) is 0 Å². The van der Waals surface area contributed by atoms with E-state index in [2.05, 4.69) is 21.1 Å². The lowest BCUT2D eigenvalue weighted by atomic mass is 10.2. The zero-order valence-corrected chi connectivity index (χ0v) is 12.3. The minimum atomic E-state index is 0.406. The number of benzene rings is 2. The molecule has 0 fully saturated rings. The third-order valence-electron chi connectivity index (χ3n) is 2.52. The van der Waals surface area contributed by atoms with Crippen LogP contribution in [0.1, 0.15) is 5.56 Å². The fourth-order valence-corrected chi connectivity index (χ4v) is 2.02. The highest BCUT2D eigenvalue weighted by atomic mass is 79.9. The summed E-state index contributed by atoms with van der Waals surface area (Å²) in [6.07, 6.45) is 1.33. The van der Waals surface area contributed by atoms with Crippen molar-refractivity contribution in [2.75, 3.05) is 13.2 Å². The largest absolute Gasteiger partial charge is 0.490 e. The van der Waals surface area contributed by atoms with Crippen molar-refractivity contribution in [3.05, 3.63) is 58.6 Å². The van der Waals surface area contributed by atoms with E-state index in [9.17, 15) is 0 Å². The van der Waals surface area contributed by atoms with Crippen LogP contribution in [0.3, 0.4) is 0 Å². The minimum Gasteiger partial charge on any atom is -0.490 e. The highest BCUT2D eigenvalue weighted by Crippen LogP contribution is 2.21. The van der Waals surface area contributed by atoms with Crippen LogP contribution < -0.4 is 9.47 Å². The van der Waals surface area contributed by atoms with Gasteiger partial charge in [-0.3, -0.25) is 0 Å². The van der Waals surface area contributed by atoms with Gasteiger partial charge in [0.1, 0.15) is 24.7 Å². The van der Waals surface area contributed by atoms with E-state index in [0.717, 1.165) is 10.2 Å². The Bertz CT molecular complexity index is 573. The first-order chi connectivity index (χ1) is 9.79. The van der Waals surface area contributed by atoms with Crippen LogP contribution >= 0.6 is 15.9 Å². The van der Waals surface area contributed by atoms with Gasteiger partial charge in [-0.05, 0) is 30.3 Å². The molecule has 0 aromatic heterocycles. The normalized spacial score (nSPS) is 10.7. The Kier molecular flexibility index (Phi) is 5.43. The smallest absolute Gasteiger partial charge is 0.128 e. The zero-order chi connectivity index (χ0) is 14.2. The predicted molar refractivity (Wildman–Crippen MR) is 81.0 cm³/mol. The van der Waals surface area contributed by atoms with Crippen molar-refractivity contribution in [3.8, 4) is 11.5 Å². The average molecular weight is 336 g/mol. The van der Waals surface area contributed by atoms with Gasteiger partial charge in [0.2, 0.25) is 0 Å². The number of halogens is 1. The molecule has 0 unspecified atom stereocenters. The van der Waals surface area contributed by atoms with Gasteiger partial charge in [-0.2, -0.15) is 0 Å². The van der Waals surface area contributed by atoms with Crippen molar-refractivity contribution in [3.63, 3.8) is 0 Å². The number of rotatable bonds is 6. The molecule has 0 saturated heterocycles. The van der Waals surface area contributed by atoms with Crippen LogP contribution in [-0.2, 0) is 0 Å². The lowest BCUT2D eigenvalue weighted by Crippen LogP contribution is -2.09. The van der Waals surface area contributed by atoms with Crippen molar-refractivity contribution in [1.82, 2.24) is 0 Å². The molecule has 0 amide bonds. The average Bonchev–Trinajstić information content (AvgIpc) is 2.47. The van der Waals surface area contributed by atoms with Crippen LogP contribution in [0.25, 0.3) is 0 Å². The highest BCUT2D eigenvalue weighted by Gasteiger charge is 2.03. The summed E-state index contributed by atoms with van der Waals surface area (Å²) in [5.74, 6) is 1.45. The molecule has 2 rings (SSSR count). The fourth-order valence-electron chi connectivity index (χ4n) is 1.64. The second-order valence-corrected chi connectivity index (χ2v) is 4.85. The maximum Gasteiger partial charge on any atom is 0.128 e. The van der Waals surface area contributed by atoms with E-state index in [1.807, 2.05) is 48.5 Å². The first-order valence-corrected chi connectivity index (χ1v) is 6.86. The Hall–Kier alpha value is -2.01. The molecular formula is C15H14BrNO3. The molecule has 4 nitrogen and oxygen atoms in total. The first-order valence-electron chi connectivity index (χ1n) is 6.07. The number of hydrogen-bond acceptors (Lipinski definition) is 4. The number of para-hydroxylation sites is 1. The second-order valence-electron chi connectivity index (χ2n) is 3.94.